The SMILES string of the molecule is CSCCC(N=C(C)[O-])C(=O)O.C[N+](C)(C)CCO. The van der Waals surface area contributed by atoms with E-state index in [9.17, 15) is 9.90 Å². The standard InChI is InChI=1S/C7H13NO3S.C5H14NO/c1-5(9)8-6(7(10)11)3-4-12-2;1-6(2,3)4-5-7/h6H,3-4H2,1-2H3,(H,8,9)(H,10,11);7H,4-5H2,1-3H3/q;+1/p-1. The Balaban J connectivity index is 0. The molecule has 0 spiro atoms. The van der Waals surface area contributed by atoms with E-state index in [1.54, 1.807) is 0 Å². The van der Waals surface area contributed by atoms with Crippen LogP contribution in [0.3, 0.4) is 0 Å². The summed E-state index contributed by atoms with van der Waals surface area (Å²) in [6, 6.07) is -0.866. The van der Waals surface area contributed by atoms with E-state index in [-0.39, 0.29) is 6.61 Å². The van der Waals surface area contributed by atoms with Gasteiger partial charge in [0.15, 0.2) is 0 Å². The highest BCUT2D eigenvalue weighted by Crippen LogP contribution is 2.04. The first-order valence-corrected chi connectivity index (χ1v) is 7.38. The molecule has 0 aliphatic rings. The Hall–Kier alpha value is -0.790. The van der Waals surface area contributed by atoms with Gasteiger partial charge in [0.25, 0.3) is 0 Å². The molecule has 0 radical (unpaired) electrons. The number of nitrogens with zero attached hydrogens (tertiary/aromatic N) is 2. The second kappa shape index (κ2) is 11.1. The maximum Gasteiger partial charge on any atom is 0.328 e. The van der Waals surface area contributed by atoms with Crippen LogP contribution >= 0.6 is 11.8 Å². The molecule has 2 N–H and O–H groups in total. The Bertz CT molecular complexity index is 273. The van der Waals surface area contributed by atoms with Gasteiger partial charge in [-0.05, 0) is 31.3 Å². The number of carbonyl (C=O) groups is 1. The average molecular weight is 294 g/mol. The van der Waals surface area contributed by atoms with Crippen LogP contribution in [-0.2, 0) is 4.79 Å². The highest BCUT2D eigenvalue weighted by Gasteiger charge is 2.13. The lowest BCUT2D eigenvalue weighted by molar-refractivity contribution is -0.870. The van der Waals surface area contributed by atoms with Gasteiger partial charge in [-0.15, -0.1) is 0 Å². The Kier molecular flexibility index (Phi) is 12.0. The predicted molar refractivity (Wildman–Crippen MR) is 77.5 cm³/mol. The fraction of sp³-hybridized carbons (Fsp3) is 0.833. The minimum Gasteiger partial charge on any atom is -0.862 e. The number of likely N-dealkylation sites (N-methyl/N-ethyl adjacent to an activating group) is 1. The molecule has 7 heteroatoms. The quantitative estimate of drug-likeness (QED) is 0.380. The zero-order valence-corrected chi connectivity index (χ0v) is 13.2. The number of aliphatic carboxylic acids is 1. The van der Waals surface area contributed by atoms with Gasteiger partial charge in [-0.3, -0.25) is 4.99 Å². The zero-order chi connectivity index (χ0) is 15.5. The molecule has 0 heterocycles. The fourth-order valence-corrected chi connectivity index (χ4v) is 1.45. The molecule has 0 aromatic rings. The molecule has 1 unspecified atom stereocenters. The average Bonchev–Trinajstić information content (AvgIpc) is 2.22. The van der Waals surface area contributed by atoms with Crippen LogP contribution in [0.5, 0.6) is 0 Å². The number of aliphatic imine (C=N–C) groups is 1. The maximum atomic E-state index is 10.5. The molecule has 0 saturated carbocycles. The van der Waals surface area contributed by atoms with Crippen molar-refractivity contribution in [1.29, 1.82) is 0 Å². The minimum atomic E-state index is -1.03. The van der Waals surface area contributed by atoms with Crippen LogP contribution in [0.1, 0.15) is 13.3 Å². The van der Waals surface area contributed by atoms with Crippen LogP contribution in [0.25, 0.3) is 0 Å². The molecule has 19 heavy (non-hydrogen) atoms. The molecule has 1 atom stereocenters. The van der Waals surface area contributed by atoms with Gasteiger partial charge in [0, 0.05) is 0 Å². The number of hydrogen-bond acceptors (Lipinski definition) is 5. The van der Waals surface area contributed by atoms with E-state index in [0.29, 0.717) is 12.2 Å². The first kappa shape index (κ1) is 20.5. The number of carboxylic acid groups (broad SMARTS) is 1. The zero-order valence-electron chi connectivity index (χ0n) is 12.4. The molecule has 0 rings (SSSR count). The molecule has 0 aliphatic heterocycles. The summed E-state index contributed by atoms with van der Waals surface area (Å²) >= 11 is 1.54. The van der Waals surface area contributed by atoms with Gasteiger partial charge >= 0.3 is 5.97 Å². The smallest absolute Gasteiger partial charge is 0.328 e. The van der Waals surface area contributed by atoms with Crippen molar-refractivity contribution in [2.24, 2.45) is 4.99 Å². The van der Waals surface area contributed by atoms with Gasteiger partial charge in [-0.25, -0.2) is 4.79 Å². The Labute approximate surface area is 119 Å². The molecule has 6 nitrogen and oxygen atoms in total. The summed E-state index contributed by atoms with van der Waals surface area (Å²) in [5, 5.41) is 27.5. The Morgan fingerprint density at radius 1 is 1.42 bits per heavy atom. The number of rotatable bonds is 7. The summed E-state index contributed by atoms with van der Waals surface area (Å²) in [7, 11) is 6.16. The summed E-state index contributed by atoms with van der Waals surface area (Å²) in [6.45, 7) is 2.37. The van der Waals surface area contributed by atoms with E-state index in [4.69, 9.17) is 10.2 Å². The van der Waals surface area contributed by atoms with Crippen molar-refractivity contribution >= 4 is 23.6 Å². The first-order valence-electron chi connectivity index (χ1n) is 5.98. The van der Waals surface area contributed by atoms with E-state index in [1.807, 2.05) is 6.26 Å². The van der Waals surface area contributed by atoms with Crippen molar-refractivity contribution in [3.63, 3.8) is 0 Å². The number of quaternary nitrogens is 1. The van der Waals surface area contributed by atoms with Crippen molar-refractivity contribution in [3.05, 3.63) is 0 Å². The van der Waals surface area contributed by atoms with E-state index >= 15 is 0 Å². The molecule has 0 fully saturated rings. The number of hydrogen-bond donors (Lipinski definition) is 2. The summed E-state index contributed by atoms with van der Waals surface area (Å²) in [5.74, 6) is -0.754. The van der Waals surface area contributed by atoms with Crippen LogP contribution < -0.4 is 5.11 Å². The lowest BCUT2D eigenvalue weighted by Gasteiger charge is -2.21. The van der Waals surface area contributed by atoms with Gasteiger partial charge in [-0.2, -0.15) is 11.8 Å². The minimum absolute atomic E-state index is 0.281. The Morgan fingerprint density at radius 2 is 1.95 bits per heavy atom. The van der Waals surface area contributed by atoms with Gasteiger partial charge in [0.1, 0.15) is 12.6 Å². The lowest BCUT2D eigenvalue weighted by Crippen LogP contribution is -2.36. The largest absolute Gasteiger partial charge is 0.862 e. The summed E-state index contributed by atoms with van der Waals surface area (Å²) in [6.07, 6.45) is 2.29. The summed E-state index contributed by atoms with van der Waals surface area (Å²) in [5.41, 5.74) is 0. The molecule has 0 aromatic heterocycles. The van der Waals surface area contributed by atoms with Gasteiger partial charge in [0.05, 0.1) is 27.7 Å². The molecular weight excluding hydrogens is 268 g/mol. The number of aliphatic hydroxyl groups is 1. The molecule has 0 aliphatic carbocycles. The van der Waals surface area contributed by atoms with Gasteiger partial charge in [-0.1, -0.05) is 0 Å². The van der Waals surface area contributed by atoms with Crippen molar-refractivity contribution in [3.8, 4) is 0 Å². The van der Waals surface area contributed by atoms with E-state index in [0.717, 1.165) is 11.0 Å². The molecule has 0 amide bonds. The van der Waals surface area contributed by atoms with Crippen LogP contribution in [0, 0.1) is 0 Å². The summed E-state index contributed by atoms with van der Waals surface area (Å²) < 4.78 is 0.844. The number of aliphatic hydroxyl groups excluding tert-OH is 1. The van der Waals surface area contributed by atoms with Crippen molar-refractivity contribution in [2.45, 2.75) is 19.4 Å². The topological polar surface area (TPSA) is 93.0 Å². The third kappa shape index (κ3) is 17.2. The fourth-order valence-electron chi connectivity index (χ4n) is 0.992. The first-order chi connectivity index (χ1) is 8.64. The molecule has 114 valence electrons. The van der Waals surface area contributed by atoms with Gasteiger partial charge in [0.2, 0.25) is 0 Å². The highest BCUT2D eigenvalue weighted by molar-refractivity contribution is 7.98. The molecule has 0 saturated heterocycles. The van der Waals surface area contributed by atoms with Crippen LogP contribution in [0.15, 0.2) is 4.99 Å². The van der Waals surface area contributed by atoms with E-state index in [2.05, 4.69) is 26.1 Å². The van der Waals surface area contributed by atoms with Crippen LogP contribution in [0.2, 0.25) is 0 Å². The predicted octanol–water partition coefficient (Wildman–Crippen LogP) is -0.344. The third-order valence-electron chi connectivity index (χ3n) is 1.99. The van der Waals surface area contributed by atoms with Crippen molar-refractivity contribution < 1.29 is 24.6 Å². The van der Waals surface area contributed by atoms with Crippen molar-refractivity contribution in [1.82, 2.24) is 0 Å². The van der Waals surface area contributed by atoms with Crippen molar-refractivity contribution in [2.75, 3.05) is 46.3 Å². The lowest BCUT2D eigenvalue weighted by atomic mass is 10.2. The molecular formula is C12H26N2O4S. The monoisotopic (exact) mass is 294 g/mol. The van der Waals surface area contributed by atoms with E-state index in [1.165, 1.54) is 18.7 Å². The molecule has 0 aromatic carbocycles. The van der Waals surface area contributed by atoms with Gasteiger partial charge < -0.3 is 19.8 Å². The molecule has 0 bridgehead atoms. The van der Waals surface area contributed by atoms with Crippen LogP contribution in [-0.4, -0.2) is 78.9 Å². The number of carboxylic acids is 1. The number of thioether (sulfide) groups is 1. The Morgan fingerprint density at radius 3 is 2.16 bits per heavy atom. The van der Waals surface area contributed by atoms with Crippen LogP contribution in [0.4, 0.5) is 0 Å². The van der Waals surface area contributed by atoms with E-state index < -0.39 is 17.9 Å². The second-order valence-electron chi connectivity index (χ2n) is 5.02. The maximum absolute atomic E-state index is 10.5. The summed E-state index contributed by atoms with van der Waals surface area (Å²) in [4.78, 5) is 13.9. The normalized spacial score (nSPS) is 13.5. The second-order valence-corrected chi connectivity index (χ2v) is 6.01. The third-order valence-corrected chi connectivity index (χ3v) is 2.63. The highest BCUT2D eigenvalue weighted by atomic mass is 32.2.